The fourth-order valence-corrected chi connectivity index (χ4v) is 4.24. The van der Waals surface area contributed by atoms with Gasteiger partial charge in [0.2, 0.25) is 0 Å². The highest BCUT2D eigenvalue weighted by Crippen LogP contribution is 2.41. The third kappa shape index (κ3) is 3.51. The van der Waals surface area contributed by atoms with E-state index in [-0.39, 0.29) is 17.5 Å². The molecule has 3 aromatic rings. The molecule has 8 heteroatoms. The molecule has 2 heterocycles. The van der Waals surface area contributed by atoms with Crippen molar-refractivity contribution in [2.24, 2.45) is 0 Å². The molecule has 1 unspecified atom stereocenters. The number of halogens is 2. The molecule has 0 bridgehead atoms. The monoisotopic (exact) mass is 436 g/mol. The predicted molar refractivity (Wildman–Crippen MR) is 116 cm³/mol. The van der Waals surface area contributed by atoms with Crippen LogP contribution in [-0.2, 0) is 4.79 Å². The first-order valence-electron chi connectivity index (χ1n) is 9.94. The average Bonchev–Trinajstić information content (AvgIpc) is 3.18. The van der Waals surface area contributed by atoms with Crippen molar-refractivity contribution in [2.75, 3.05) is 10.6 Å². The molecule has 1 aliphatic carbocycles. The van der Waals surface area contributed by atoms with E-state index in [1.807, 2.05) is 12.1 Å². The van der Waals surface area contributed by atoms with E-state index in [1.54, 1.807) is 16.8 Å². The number of amides is 1. The summed E-state index contributed by atoms with van der Waals surface area (Å²) in [6, 6.07) is 12.4. The first-order chi connectivity index (χ1) is 15.0. The highest BCUT2D eigenvalue weighted by atomic mass is 35.5. The number of nitrogens with zero attached hydrogens (tertiary/aromatic N) is 2. The molecule has 0 saturated carbocycles. The summed E-state index contributed by atoms with van der Waals surface area (Å²) in [6.45, 7) is 0. The van der Waals surface area contributed by atoms with Gasteiger partial charge in [-0.2, -0.15) is 5.10 Å². The van der Waals surface area contributed by atoms with Crippen molar-refractivity contribution in [3.8, 4) is 0 Å². The molecule has 0 spiro atoms. The maximum Gasteiger partial charge on any atom is 0.261 e. The Kier molecular flexibility index (Phi) is 4.82. The summed E-state index contributed by atoms with van der Waals surface area (Å²) in [7, 11) is 0. The van der Waals surface area contributed by atoms with Crippen LogP contribution in [0.15, 0.2) is 66.0 Å². The van der Waals surface area contributed by atoms with Gasteiger partial charge in [0.05, 0.1) is 6.20 Å². The molecule has 2 aromatic carbocycles. The van der Waals surface area contributed by atoms with Gasteiger partial charge in [-0.3, -0.25) is 9.59 Å². The number of ketones is 1. The Morgan fingerprint density at radius 1 is 1.13 bits per heavy atom. The van der Waals surface area contributed by atoms with E-state index in [4.69, 9.17) is 11.6 Å². The second-order valence-electron chi connectivity index (χ2n) is 7.56. The SMILES string of the molecule is O=C1CCCC2=C1C(c1ccc(Cl)cc1)n1ncc(C(=O)Nc3ccc(F)cc3)c1N2. The average molecular weight is 437 g/mol. The van der Waals surface area contributed by atoms with Gasteiger partial charge in [0.25, 0.3) is 5.91 Å². The summed E-state index contributed by atoms with van der Waals surface area (Å²) in [5.74, 6) is -0.156. The Hall–Kier alpha value is -3.45. The number of hydrogen-bond donors (Lipinski definition) is 2. The summed E-state index contributed by atoms with van der Waals surface area (Å²) in [4.78, 5) is 25.8. The van der Waals surface area contributed by atoms with Gasteiger partial charge < -0.3 is 10.6 Å². The minimum absolute atomic E-state index is 0.0761. The summed E-state index contributed by atoms with van der Waals surface area (Å²) in [6.07, 6.45) is 3.44. The molecule has 0 radical (unpaired) electrons. The van der Waals surface area contributed by atoms with E-state index in [0.717, 1.165) is 24.1 Å². The highest BCUT2D eigenvalue weighted by molar-refractivity contribution is 6.30. The molecule has 1 amide bonds. The Morgan fingerprint density at radius 3 is 2.61 bits per heavy atom. The van der Waals surface area contributed by atoms with E-state index in [2.05, 4.69) is 15.7 Å². The summed E-state index contributed by atoms with van der Waals surface area (Å²) < 4.78 is 14.8. The zero-order chi connectivity index (χ0) is 21.5. The van der Waals surface area contributed by atoms with Gasteiger partial charge in [-0.1, -0.05) is 23.7 Å². The van der Waals surface area contributed by atoms with Crippen molar-refractivity contribution in [1.82, 2.24) is 9.78 Å². The second-order valence-corrected chi connectivity index (χ2v) is 8.00. The lowest BCUT2D eigenvalue weighted by atomic mass is 9.85. The molecule has 1 atom stereocenters. The zero-order valence-electron chi connectivity index (χ0n) is 16.4. The molecule has 31 heavy (non-hydrogen) atoms. The number of rotatable bonds is 3. The number of carbonyl (C=O) groups excluding carboxylic acids is 2. The molecule has 1 aliphatic heterocycles. The number of allylic oxidation sites excluding steroid dienone is 2. The molecule has 6 nitrogen and oxygen atoms in total. The first kappa shape index (κ1) is 19.5. The summed E-state index contributed by atoms with van der Waals surface area (Å²) in [5.41, 5.74) is 3.18. The van der Waals surface area contributed by atoms with Crippen LogP contribution in [0.1, 0.15) is 41.2 Å². The minimum atomic E-state index is -0.441. The van der Waals surface area contributed by atoms with Gasteiger partial charge in [0.1, 0.15) is 23.2 Å². The van der Waals surface area contributed by atoms with Crippen LogP contribution in [0.25, 0.3) is 0 Å². The number of anilines is 2. The number of carbonyl (C=O) groups is 2. The van der Waals surface area contributed by atoms with E-state index < -0.39 is 6.04 Å². The van der Waals surface area contributed by atoms with Crippen LogP contribution in [0.3, 0.4) is 0 Å². The Bertz CT molecular complexity index is 1220. The molecule has 2 aliphatic rings. The van der Waals surface area contributed by atoms with Crippen LogP contribution in [0, 0.1) is 5.82 Å². The Labute approximate surface area is 182 Å². The standard InChI is InChI=1S/C23H18ClFN4O2/c24-14-6-4-13(5-7-14)21-20-18(2-1-3-19(20)30)28-22-17(12-26-29(21)22)23(31)27-16-10-8-15(25)9-11-16/h4-12,21,28H,1-3H2,(H,27,31). The van der Waals surface area contributed by atoms with Crippen LogP contribution >= 0.6 is 11.6 Å². The maximum absolute atomic E-state index is 13.2. The highest BCUT2D eigenvalue weighted by Gasteiger charge is 2.37. The van der Waals surface area contributed by atoms with Gasteiger partial charge in [0.15, 0.2) is 5.78 Å². The Balaban J connectivity index is 1.56. The first-order valence-corrected chi connectivity index (χ1v) is 10.3. The number of aromatic nitrogens is 2. The van der Waals surface area contributed by atoms with Crippen molar-refractivity contribution >= 4 is 34.8 Å². The third-order valence-corrected chi connectivity index (χ3v) is 5.82. The van der Waals surface area contributed by atoms with Gasteiger partial charge in [-0.15, -0.1) is 0 Å². The van der Waals surface area contributed by atoms with Crippen molar-refractivity contribution < 1.29 is 14.0 Å². The molecule has 2 N–H and O–H groups in total. The van der Waals surface area contributed by atoms with Crippen molar-refractivity contribution in [1.29, 1.82) is 0 Å². The Morgan fingerprint density at radius 2 is 1.87 bits per heavy atom. The predicted octanol–water partition coefficient (Wildman–Crippen LogP) is 4.95. The van der Waals surface area contributed by atoms with Crippen LogP contribution in [0.2, 0.25) is 5.02 Å². The topological polar surface area (TPSA) is 76.0 Å². The molecule has 1 aromatic heterocycles. The number of nitrogens with one attached hydrogen (secondary N) is 2. The lowest BCUT2D eigenvalue weighted by molar-refractivity contribution is -0.116. The van der Waals surface area contributed by atoms with Crippen molar-refractivity contribution in [2.45, 2.75) is 25.3 Å². The van der Waals surface area contributed by atoms with Gasteiger partial charge in [0, 0.05) is 28.4 Å². The molecule has 0 saturated heterocycles. The molecular formula is C23H18ClFN4O2. The number of hydrogen-bond acceptors (Lipinski definition) is 4. The third-order valence-electron chi connectivity index (χ3n) is 5.57. The van der Waals surface area contributed by atoms with Crippen molar-refractivity contribution in [3.63, 3.8) is 0 Å². The number of Topliss-reactive ketones (excluding diaryl/α,β-unsaturated/α-hetero) is 1. The summed E-state index contributed by atoms with van der Waals surface area (Å²) >= 11 is 6.06. The normalized spacial score (nSPS) is 17.6. The van der Waals surface area contributed by atoms with E-state index in [0.29, 0.717) is 34.1 Å². The van der Waals surface area contributed by atoms with Crippen LogP contribution in [0.5, 0.6) is 0 Å². The smallest absolute Gasteiger partial charge is 0.261 e. The van der Waals surface area contributed by atoms with E-state index in [9.17, 15) is 14.0 Å². The zero-order valence-corrected chi connectivity index (χ0v) is 17.1. The maximum atomic E-state index is 13.2. The summed E-state index contributed by atoms with van der Waals surface area (Å²) in [5, 5.41) is 11.1. The number of fused-ring (bicyclic) bond motifs is 1. The largest absolute Gasteiger partial charge is 0.343 e. The fraction of sp³-hybridized carbons (Fsp3) is 0.174. The van der Waals surface area contributed by atoms with Crippen molar-refractivity contribution in [3.05, 3.63) is 88.0 Å². The van der Waals surface area contributed by atoms with Crippen LogP contribution < -0.4 is 10.6 Å². The van der Waals surface area contributed by atoms with Gasteiger partial charge in [-0.25, -0.2) is 9.07 Å². The van der Waals surface area contributed by atoms with Gasteiger partial charge >= 0.3 is 0 Å². The molecule has 5 rings (SSSR count). The van der Waals surface area contributed by atoms with E-state index in [1.165, 1.54) is 30.5 Å². The second kappa shape index (κ2) is 7.67. The molecule has 0 fully saturated rings. The molecule has 156 valence electrons. The van der Waals surface area contributed by atoms with E-state index >= 15 is 0 Å². The van der Waals surface area contributed by atoms with Crippen LogP contribution in [0.4, 0.5) is 15.9 Å². The van der Waals surface area contributed by atoms with Crippen LogP contribution in [-0.4, -0.2) is 21.5 Å². The van der Waals surface area contributed by atoms with Gasteiger partial charge in [-0.05, 0) is 54.8 Å². The molecular weight excluding hydrogens is 419 g/mol. The minimum Gasteiger partial charge on any atom is -0.343 e. The lowest BCUT2D eigenvalue weighted by Gasteiger charge is -2.33. The lowest BCUT2D eigenvalue weighted by Crippen LogP contribution is -2.32. The number of benzene rings is 2. The fourth-order valence-electron chi connectivity index (χ4n) is 4.11. The quantitative estimate of drug-likeness (QED) is 0.609.